The lowest BCUT2D eigenvalue weighted by Gasteiger charge is -2.25. The minimum absolute atomic E-state index is 0.0245. The maximum absolute atomic E-state index is 12.6. The average Bonchev–Trinajstić information content (AvgIpc) is 2.53. The van der Waals surface area contributed by atoms with Crippen molar-refractivity contribution in [3.8, 4) is 0 Å². The van der Waals surface area contributed by atoms with Gasteiger partial charge in [0.25, 0.3) is 0 Å². The molecule has 0 bridgehead atoms. The zero-order chi connectivity index (χ0) is 15.7. The molecule has 0 heterocycles. The lowest BCUT2D eigenvalue weighted by molar-refractivity contribution is -0.133. The molecule has 0 radical (unpaired) electrons. The molecule has 1 aromatic carbocycles. The van der Waals surface area contributed by atoms with Gasteiger partial charge in [-0.05, 0) is 25.3 Å². The molecule has 0 saturated carbocycles. The predicted octanol–water partition coefficient (Wildman–Crippen LogP) is 0.823. The molecule has 116 valence electrons. The number of nitrogens with zero attached hydrogens (tertiary/aromatic N) is 2. The summed E-state index contributed by atoms with van der Waals surface area (Å²) < 4.78 is 0. The lowest BCUT2D eigenvalue weighted by atomic mass is 9.96. The number of aliphatic hydroxyl groups is 1. The van der Waals surface area contributed by atoms with Gasteiger partial charge in [0.2, 0.25) is 5.91 Å². The van der Waals surface area contributed by atoms with Gasteiger partial charge in [0, 0.05) is 19.7 Å². The van der Waals surface area contributed by atoms with E-state index in [1.807, 2.05) is 37.3 Å². The van der Waals surface area contributed by atoms with Crippen LogP contribution in [0.5, 0.6) is 0 Å². The number of amidine groups is 1. The first-order chi connectivity index (χ1) is 10.1. The number of nitrogens with two attached hydrogens (primary N) is 1. The van der Waals surface area contributed by atoms with Gasteiger partial charge in [-0.15, -0.1) is 0 Å². The molecule has 0 aliphatic heterocycles. The molecule has 21 heavy (non-hydrogen) atoms. The molecule has 1 amide bonds. The SMILES string of the molecule is CCN(CCCO)C(=O)C(Cc1ccccc1)/C(N)=N/O. The molecule has 6 nitrogen and oxygen atoms in total. The Balaban J connectivity index is 2.88. The van der Waals surface area contributed by atoms with E-state index < -0.39 is 5.92 Å². The van der Waals surface area contributed by atoms with Gasteiger partial charge in [0.1, 0.15) is 5.92 Å². The predicted molar refractivity (Wildman–Crippen MR) is 81.0 cm³/mol. The van der Waals surface area contributed by atoms with Crippen LogP contribution < -0.4 is 5.73 Å². The second kappa shape index (κ2) is 8.97. The van der Waals surface area contributed by atoms with Crippen molar-refractivity contribution in [3.05, 3.63) is 35.9 Å². The Morgan fingerprint density at radius 2 is 2.05 bits per heavy atom. The van der Waals surface area contributed by atoms with Crippen LogP contribution in [0.2, 0.25) is 0 Å². The number of oxime groups is 1. The molecule has 1 aromatic rings. The molecule has 6 heteroatoms. The first-order valence-corrected chi connectivity index (χ1v) is 7.05. The number of hydrogen-bond donors (Lipinski definition) is 3. The average molecular weight is 293 g/mol. The molecule has 0 fully saturated rings. The van der Waals surface area contributed by atoms with Crippen LogP contribution in [-0.4, -0.2) is 46.7 Å². The maximum Gasteiger partial charge on any atom is 0.233 e. The zero-order valence-corrected chi connectivity index (χ0v) is 12.3. The minimum Gasteiger partial charge on any atom is -0.409 e. The van der Waals surface area contributed by atoms with Crippen LogP contribution >= 0.6 is 0 Å². The summed E-state index contributed by atoms with van der Waals surface area (Å²) in [6.07, 6.45) is 0.888. The molecule has 0 aliphatic carbocycles. The Bertz CT molecular complexity index is 462. The Morgan fingerprint density at radius 1 is 1.38 bits per heavy atom. The molecule has 0 aliphatic rings. The number of carbonyl (C=O) groups is 1. The van der Waals surface area contributed by atoms with Crippen molar-refractivity contribution < 1.29 is 15.1 Å². The first kappa shape index (κ1) is 17.0. The molecule has 1 unspecified atom stereocenters. The van der Waals surface area contributed by atoms with Gasteiger partial charge in [-0.25, -0.2) is 0 Å². The summed E-state index contributed by atoms with van der Waals surface area (Å²) in [6.45, 7) is 2.86. The van der Waals surface area contributed by atoms with Crippen molar-refractivity contribution in [1.82, 2.24) is 4.90 Å². The highest BCUT2D eigenvalue weighted by atomic mass is 16.4. The molecular weight excluding hydrogens is 270 g/mol. The van der Waals surface area contributed by atoms with E-state index in [2.05, 4.69) is 5.16 Å². The Hall–Kier alpha value is -2.08. The highest BCUT2D eigenvalue weighted by Crippen LogP contribution is 2.13. The van der Waals surface area contributed by atoms with Crippen molar-refractivity contribution in [3.63, 3.8) is 0 Å². The van der Waals surface area contributed by atoms with Gasteiger partial charge in [-0.2, -0.15) is 0 Å². The molecule has 0 saturated heterocycles. The van der Waals surface area contributed by atoms with E-state index in [0.29, 0.717) is 25.9 Å². The minimum atomic E-state index is -0.698. The summed E-state index contributed by atoms with van der Waals surface area (Å²) in [7, 11) is 0. The third-order valence-corrected chi connectivity index (χ3v) is 3.33. The Labute approximate surface area is 124 Å². The number of hydrogen-bond acceptors (Lipinski definition) is 4. The van der Waals surface area contributed by atoms with Gasteiger partial charge in [-0.1, -0.05) is 35.5 Å². The van der Waals surface area contributed by atoms with Crippen molar-refractivity contribution in [2.45, 2.75) is 19.8 Å². The summed E-state index contributed by atoms with van der Waals surface area (Å²) in [5.74, 6) is -0.979. The maximum atomic E-state index is 12.6. The number of benzene rings is 1. The van der Waals surface area contributed by atoms with Gasteiger partial charge >= 0.3 is 0 Å². The van der Waals surface area contributed by atoms with Gasteiger partial charge < -0.3 is 20.9 Å². The molecule has 0 spiro atoms. The van der Waals surface area contributed by atoms with Crippen molar-refractivity contribution in [2.24, 2.45) is 16.8 Å². The van der Waals surface area contributed by atoms with E-state index in [0.717, 1.165) is 5.56 Å². The monoisotopic (exact) mass is 293 g/mol. The van der Waals surface area contributed by atoms with Crippen LogP contribution in [0.1, 0.15) is 18.9 Å². The standard InChI is InChI=1S/C15H23N3O3/c1-2-18(9-6-10-19)15(20)13(14(16)17-21)11-12-7-4-3-5-8-12/h3-5,7-8,13,19,21H,2,6,9-11H2,1H3,(H2,16,17). The fourth-order valence-corrected chi connectivity index (χ4v) is 2.14. The topological polar surface area (TPSA) is 99.2 Å². The van der Waals surface area contributed by atoms with Gasteiger partial charge in [0.15, 0.2) is 5.84 Å². The van der Waals surface area contributed by atoms with Gasteiger partial charge in [0.05, 0.1) is 0 Å². The fraction of sp³-hybridized carbons (Fsp3) is 0.467. The third kappa shape index (κ3) is 5.07. The highest BCUT2D eigenvalue weighted by Gasteiger charge is 2.27. The summed E-state index contributed by atoms with van der Waals surface area (Å²) >= 11 is 0. The number of carbonyl (C=O) groups excluding carboxylic acids is 1. The Morgan fingerprint density at radius 3 is 2.57 bits per heavy atom. The van der Waals surface area contributed by atoms with Crippen LogP contribution in [0.3, 0.4) is 0 Å². The number of amides is 1. The van der Waals surface area contributed by atoms with E-state index >= 15 is 0 Å². The quantitative estimate of drug-likeness (QED) is 0.286. The van der Waals surface area contributed by atoms with Crippen LogP contribution in [0.25, 0.3) is 0 Å². The van der Waals surface area contributed by atoms with E-state index in [-0.39, 0.29) is 18.3 Å². The second-order valence-corrected chi connectivity index (χ2v) is 4.76. The number of aliphatic hydroxyl groups excluding tert-OH is 1. The van der Waals surface area contributed by atoms with Crippen molar-refractivity contribution in [1.29, 1.82) is 0 Å². The van der Waals surface area contributed by atoms with Crippen molar-refractivity contribution >= 4 is 11.7 Å². The summed E-state index contributed by atoms with van der Waals surface area (Å²) in [6, 6.07) is 9.45. The number of rotatable bonds is 8. The Kier molecular flexibility index (Phi) is 7.25. The van der Waals surface area contributed by atoms with Crippen LogP contribution in [0, 0.1) is 5.92 Å². The zero-order valence-electron chi connectivity index (χ0n) is 12.3. The van der Waals surface area contributed by atoms with Gasteiger partial charge in [-0.3, -0.25) is 4.79 Å². The largest absolute Gasteiger partial charge is 0.409 e. The second-order valence-electron chi connectivity index (χ2n) is 4.76. The van der Waals surface area contributed by atoms with E-state index in [1.54, 1.807) is 4.90 Å². The molecule has 0 aromatic heterocycles. The smallest absolute Gasteiger partial charge is 0.233 e. The van der Waals surface area contributed by atoms with E-state index in [1.165, 1.54) is 0 Å². The van der Waals surface area contributed by atoms with Crippen LogP contribution in [-0.2, 0) is 11.2 Å². The van der Waals surface area contributed by atoms with E-state index in [9.17, 15) is 4.79 Å². The molecule has 4 N–H and O–H groups in total. The highest BCUT2D eigenvalue weighted by molar-refractivity contribution is 6.02. The molecule has 1 atom stereocenters. The first-order valence-electron chi connectivity index (χ1n) is 7.05. The van der Waals surface area contributed by atoms with Crippen LogP contribution in [0.4, 0.5) is 0 Å². The molecular formula is C15H23N3O3. The summed E-state index contributed by atoms with van der Waals surface area (Å²) in [4.78, 5) is 14.2. The third-order valence-electron chi connectivity index (χ3n) is 3.33. The summed E-state index contributed by atoms with van der Waals surface area (Å²) in [5.41, 5.74) is 6.64. The fourth-order valence-electron chi connectivity index (χ4n) is 2.14. The normalized spacial score (nSPS) is 13.0. The van der Waals surface area contributed by atoms with Crippen LogP contribution in [0.15, 0.2) is 35.5 Å². The van der Waals surface area contributed by atoms with E-state index in [4.69, 9.17) is 16.0 Å². The molecule has 1 rings (SSSR count). The lowest BCUT2D eigenvalue weighted by Crippen LogP contribution is -2.43. The summed E-state index contributed by atoms with van der Waals surface area (Å²) in [5, 5.41) is 20.8. The van der Waals surface area contributed by atoms with Crippen molar-refractivity contribution in [2.75, 3.05) is 19.7 Å².